The molecule has 1 heterocycles. The van der Waals surface area contributed by atoms with E-state index >= 15 is 0 Å². The first-order valence-electron chi connectivity index (χ1n) is 6.47. The monoisotopic (exact) mass is 415 g/mol. The number of nitrogens with zero attached hydrogens (tertiary/aromatic N) is 1. The molecule has 0 aromatic heterocycles. The fourth-order valence-electron chi connectivity index (χ4n) is 2.04. The number of amides is 1. The average molecular weight is 417 g/mol. The van der Waals surface area contributed by atoms with E-state index < -0.39 is 27.4 Å². The van der Waals surface area contributed by atoms with Gasteiger partial charge in [-0.1, -0.05) is 11.6 Å². The van der Waals surface area contributed by atoms with Gasteiger partial charge in [0.15, 0.2) is 0 Å². The zero-order valence-corrected chi connectivity index (χ0v) is 15.6. The Morgan fingerprint density at radius 3 is 2.59 bits per heavy atom. The summed E-state index contributed by atoms with van der Waals surface area (Å²) in [5.74, 6) is -4.08. The third-order valence-electron chi connectivity index (χ3n) is 3.25. The SMILES string of the molecule is CS(C)(C)CCOCN1C(=O)C(F)(F)c2c1ccc(Br)c2Cl. The van der Waals surface area contributed by atoms with Gasteiger partial charge in [-0.3, -0.25) is 9.69 Å². The van der Waals surface area contributed by atoms with Crippen molar-refractivity contribution in [2.45, 2.75) is 5.92 Å². The first-order valence-corrected chi connectivity index (χ1v) is 10.7. The second-order valence-corrected chi connectivity index (χ2v) is 11.7. The largest absolute Gasteiger partial charge is 0.360 e. The maximum atomic E-state index is 14.2. The number of rotatable bonds is 5. The number of benzene rings is 1. The quantitative estimate of drug-likeness (QED) is 0.673. The number of carbonyl (C=O) groups is 1. The standard InChI is InChI=1S/C14H17BrClF2NO2S/c1-22(2,3)7-6-21-8-19-10-5-4-9(15)12(16)11(10)14(17,18)13(19)20/h4-5H,6-8H2,1-3H3. The van der Waals surface area contributed by atoms with E-state index in [-0.39, 0.29) is 17.4 Å². The summed E-state index contributed by atoms with van der Waals surface area (Å²) >= 11 is 9.03. The van der Waals surface area contributed by atoms with E-state index in [1.54, 1.807) is 6.07 Å². The zero-order valence-electron chi connectivity index (χ0n) is 12.5. The van der Waals surface area contributed by atoms with Crippen LogP contribution in [0.4, 0.5) is 14.5 Å². The summed E-state index contributed by atoms with van der Waals surface area (Å²) in [5, 5.41) is -0.141. The van der Waals surface area contributed by atoms with Gasteiger partial charge in [-0.15, -0.1) is 0 Å². The van der Waals surface area contributed by atoms with E-state index in [1.165, 1.54) is 6.07 Å². The minimum absolute atomic E-state index is 0.103. The molecule has 1 aliphatic rings. The van der Waals surface area contributed by atoms with Crippen molar-refractivity contribution in [3.05, 3.63) is 27.2 Å². The smallest absolute Gasteiger partial charge is 0.353 e. The molecule has 0 fully saturated rings. The van der Waals surface area contributed by atoms with Gasteiger partial charge in [0, 0.05) is 10.2 Å². The molecule has 0 atom stereocenters. The number of halogens is 4. The predicted octanol–water partition coefficient (Wildman–Crippen LogP) is 4.21. The lowest BCUT2D eigenvalue weighted by Crippen LogP contribution is -2.36. The molecule has 0 bridgehead atoms. The van der Waals surface area contributed by atoms with Gasteiger partial charge in [0.2, 0.25) is 0 Å². The molecule has 0 radical (unpaired) electrons. The lowest BCUT2D eigenvalue weighted by molar-refractivity contribution is -0.142. The Kier molecular flexibility index (Phi) is 5.12. The summed E-state index contributed by atoms with van der Waals surface area (Å²) in [7, 11) is -0.733. The van der Waals surface area contributed by atoms with Gasteiger partial charge in [0.1, 0.15) is 6.73 Å². The molecule has 0 saturated carbocycles. The van der Waals surface area contributed by atoms with Gasteiger partial charge < -0.3 is 4.74 Å². The molecule has 1 aliphatic heterocycles. The molecule has 0 saturated heterocycles. The van der Waals surface area contributed by atoms with Crippen LogP contribution in [0, 0.1) is 0 Å². The Hall–Kier alpha value is -0.370. The number of fused-ring (bicyclic) bond motifs is 1. The van der Waals surface area contributed by atoms with E-state index in [4.69, 9.17) is 16.3 Å². The highest BCUT2D eigenvalue weighted by Gasteiger charge is 2.54. The summed E-state index contributed by atoms with van der Waals surface area (Å²) in [6, 6.07) is 2.99. The maximum Gasteiger partial charge on any atom is 0.353 e. The number of hydrogen-bond acceptors (Lipinski definition) is 2. The Bertz CT molecular complexity index is 607. The van der Waals surface area contributed by atoms with Crippen molar-refractivity contribution >= 4 is 49.2 Å². The van der Waals surface area contributed by atoms with Gasteiger partial charge in [-0.2, -0.15) is 8.78 Å². The Morgan fingerprint density at radius 1 is 1.36 bits per heavy atom. The lowest BCUT2D eigenvalue weighted by atomic mass is 10.1. The molecule has 1 aromatic rings. The summed E-state index contributed by atoms with van der Waals surface area (Å²) < 4.78 is 34.1. The second kappa shape index (κ2) is 6.26. The van der Waals surface area contributed by atoms with Crippen LogP contribution in [0.15, 0.2) is 16.6 Å². The van der Waals surface area contributed by atoms with Gasteiger partial charge in [0.05, 0.1) is 22.9 Å². The van der Waals surface area contributed by atoms with Gasteiger partial charge in [0.25, 0.3) is 0 Å². The van der Waals surface area contributed by atoms with Crippen LogP contribution in [0.3, 0.4) is 0 Å². The van der Waals surface area contributed by atoms with Crippen molar-refractivity contribution in [3.8, 4) is 0 Å². The molecule has 0 unspecified atom stereocenters. The first-order chi connectivity index (χ1) is 10.1. The predicted molar refractivity (Wildman–Crippen MR) is 91.6 cm³/mol. The summed E-state index contributed by atoms with van der Waals surface area (Å²) in [6.07, 6.45) is 6.41. The average Bonchev–Trinajstić information content (AvgIpc) is 2.58. The van der Waals surface area contributed by atoms with Gasteiger partial charge in [-0.25, -0.2) is 10.0 Å². The van der Waals surface area contributed by atoms with Crippen LogP contribution in [0.2, 0.25) is 5.02 Å². The van der Waals surface area contributed by atoms with E-state index in [0.717, 1.165) is 10.7 Å². The molecule has 1 aromatic carbocycles. The van der Waals surface area contributed by atoms with Crippen LogP contribution < -0.4 is 4.90 Å². The third kappa shape index (κ3) is 3.42. The van der Waals surface area contributed by atoms with Crippen molar-refractivity contribution in [2.24, 2.45) is 0 Å². The van der Waals surface area contributed by atoms with E-state index in [0.29, 0.717) is 11.1 Å². The number of hydrogen-bond donors (Lipinski definition) is 0. The Balaban J connectivity index is 2.18. The summed E-state index contributed by atoms with van der Waals surface area (Å²) in [4.78, 5) is 12.9. The van der Waals surface area contributed by atoms with Gasteiger partial charge in [-0.05, 0) is 46.8 Å². The minimum atomic E-state index is -3.63. The number of ether oxygens (including phenoxy) is 1. The van der Waals surface area contributed by atoms with Crippen molar-refractivity contribution in [1.82, 2.24) is 0 Å². The minimum Gasteiger partial charge on any atom is -0.360 e. The molecular formula is C14H17BrClF2NO2S. The van der Waals surface area contributed by atoms with Crippen LogP contribution >= 0.6 is 37.6 Å². The number of alkyl halides is 2. The Morgan fingerprint density at radius 2 is 2.00 bits per heavy atom. The topological polar surface area (TPSA) is 29.5 Å². The third-order valence-corrected chi connectivity index (χ3v) is 5.92. The van der Waals surface area contributed by atoms with E-state index in [2.05, 4.69) is 34.7 Å². The molecule has 22 heavy (non-hydrogen) atoms. The maximum absolute atomic E-state index is 14.2. The molecule has 0 aliphatic carbocycles. The van der Waals surface area contributed by atoms with Crippen LogP contribution in [0.1, 0.15) is 5.56 Å². The van der Waals surface area contributed by atoms with E-state index in [1.807, 2.05) is 0 Å². The molecule has 2 rings (SSSR count). The van der Waals surface area contributed by atoms with Crippen LogP contribution in [-0.4, -0.2) is 43.8 Å². The highest BCUT2D eigenvalue weighted by Crippen LogP contribution is 2.49. The molecule has 0 N–H and O–H groups in total. The highest BCUT2D eigenvalue weighted by atomic mass is 79.9. The van der Waals surface area contributed by atoms with Crippen molar-refractivity contribution in [3.63, 3.8) is 0 Å². The fourth-order valence-corrected chi connectivity index (χ4v) is 3.27. The second-order valence-electron chi connectivity index (χ2n) is 5.90. The van der Waals surface area contributed by atoms with Crippen molar-refractivity contribution < 1.29 is 18.3 Å². The Labute approximate surface area is 143 Å². The van der Waals surface area contributed by atoms with Crippen LogP contribution in [0.5, 0.6) is 0 Å². The molecule has 124 valence electrons. The normalized spacial score (nSPS) is 17.8. The number of anilines is 1. The number of carbonyl (C=O) groups excluding carboxylic acids is 1. The first kappa shape index (κ1) is 18.0. The molecular weight excluding hydrogens is 400 g/mol. The van der Waals surface area contributed by atoms with E-state index in [9.17, 15) is 13.6 Å². The summed E-state index contributed by atoms with van der Waals surface area (Å²) in [5.41, 5.74) is -0.357. The van der Waals surface area contributed by atoms with Crippen LogP contribution in [-0.2, 0) is 15.5 Å². The molecule has 8 heteroatoms. The van der Waals surface area contributed by atoms with Crippen molar-refractivity contribution in [1.29, 1.82) is 0 Å². The molecule has 0 spiro atoms. The molecule has 3 nitrogen and oxygen atoms in total. The lowest BCUT2D eigenvalue weighted by Gasteiger charge is -2.25. The zero-order chi connectivity index (χ0) is 16.7. The van der Waals surface area contributed by atoms with Crippen LogP contribution in [0.25, 0.3) is 0 Å². The van der Waals surface area contributed by atoms with Gasteiger partial charge >= 0.3 is 11.8 Å². The highest BCUT2D eigenvalue weighted by molar-refractivity contribution is 9.10. The van der Waals surface area contributed by atoms with Crippen molar-refractivity contribution in [2.75, 3.05) is 42.8 Å². The fraction of sp³-hybridized carbons (Fsp3) is 0.500. The summed E-state index contributed by atoms with van der Waals surface area (Å²) in [6.45, 7) is 0.225. The molecule has 1 amide bonds.